The van der Waals surface area contributed by atoms with E-state index in [-0.39, 0.29) is 29.5 Å². The maximum Gasteiger partial charge on any atom is 0.293 e. The van der Waals surface area contributed by atoms with Gasteiger partial charge in [-0.15, -0.1) is 0 Å². The predicted molar refractivity (Wildman–Crippen MR) is 114 cm³/mol. The summed E-state index contributed by atoms with van der Waals surface area (Å²) < 4.78 is 15.7. The van der Waals surface area contributed by atoms with Crippen LogP contribution >= 0.6 is 11.8 Å². The van der Waals surface area contributed by atoms with Gasteiger partial charge in [0.1, 0.15) is 5.82 Å². The standard InChI is InChI=1S/C22H18FN3O3S/c1-25-11-9-15-16(6-4-8-18(15)25)20(27)24-10-12-26-21(28)19(30-22(26)29)13-14-5-2-3-7-17(14)23/h2-9,11,13H,10,12H2,1H3,(H,24,27)/b19-13+. The van der Waals surface area contributed by atoms with Crippen molar-refractivity contribution in [3.8, 4) is 0 Å². The molecule has 6 nitrogen and oxygen atoms in total. The van der Waals surface area contributed by atoms with E-state index >= 15 is 0 Å². The zero-order chi connectivity index (χ0) is 21.3. The summed E-state index contributed by atoms with van der Waals surface area (Å²) in [4.78, 5) is 38.5. The Morgan fingerprint density at radius 2 is 1.93 bits per heavy atom. The minimum absolute atomic E-state index is 0.0375. The van der Waals surface area contributed by atoms with Crippen molar-refractivity contribution in [2.24, 2.45) is 7.05 Å². The number of benzene rings is 2. The number of rotatable bonds is 5. The van der Waals surface area contributed by atoms with Gasteiger partial charge in [0.05, 0.1) is 4.91 Å². The normalized spacial score (nSPS) is 15.4. The number of carbonyl (C=O) groups excluding carboxylic acids is 3. The third kappa shape index (κ3) is 3.73. The molecular weight excluding hydrogens is 405 g/mol. The zero-order valence-electron chi connectivity index (χ0n) is 16.1. The van der Waals surface area contributed by atoms with Crippen LogP contribution in [0.2, 0.25) is 0 Å². The van der Waals surface area contributed by atoms with Gasteiger partial charge in [0, 0.05) is 48.4 Å². The Kier molecular flexibility index (Phi) is 5.41. The number of aromatic nitrogens is 1. The van der Waals surface area contributed by atoms with E-state index in [4.69, 9.17) is 0 Å². The SMILES string of the molecule is Cn1ccc2c(C(=O)NCCN3C(=O)S/C(=C/c4ccccc4F)C3=O)cccc21. The molecule has 0 unspecified atom stereocenters. The van der Waals surface area contributed by atoms with Crippen LogP contribution in [0.5, 0.6) is 0 Å². The highest BCUT2D eigenvalue weighted by Crippen LogP contribution is 2.32. The Morgan fingerprint density at radius 1 is 1.13 bits per heavy atom. The number of carbonyl (C=O) groups is 3. The first-order valence-corrected chi connectivity index (χ1v) is 10.1. The lowest BCUT2D eigenvalue weighted by molar-refractivity contribution is -0.122. The number of thioether (sulfide) groups is 1. The average molecular weight is 423 g/mol. The van der Waals surface area contributed by atoms with Gasteiger partial charge in [-0.05, 0) is 42.1 Å². The lowest BCUT2D eigenvalue weighted by atomic mass is 10.1. The number of fused-ring (bicyclic) bond motifs is 1. The second kappa shape index (κ2) is 8.16. The van der Waals surface area contributed by atoms with Crippen molar-refractivity contribution in [2.75, 3.05) is 13.1 Å². The van der Waals surface area contributed by atoms with Crippen molar-refractivity contribution in [2.45, 2.75) is 0 Å². The van der Waals surface area contributed by atoms with Gasteiger partial charge >= 0.3 is 0 Å². The molecule has 1 aliphatic heterocycles. The monoisotopic (exact) mass is 423 g/mol. The van der Waals surface area contributed by atoms with Crippen LogP contribution in [-0.4, -0.2) is 39.6 Å². The molecule has 1 saturated heterocycles. The highest BCUT2D eigenvalue weighted by Gasteiger charge is 2.34. The second-order valence-electron chi connectivity index (χ2n) is 6.78. The fourth-order valence-electron chi connectivity index (χ4n) is 3.30. The maximum atomic E-state index is 13.8. The smallest absolute Gasteiger partial charge is 0.293 e. The number of aryl methyl sites for hydroxylation is 1. The molecule has 0 saturated carbocycles. The Hall–Kier alpha value is -3.39. The molecule has 1 aliphatic rings. The average Bonchev–Trinajstić information content (AvgIpc) is 3.24. The van der Waals surface area contributed by atoms with Gasteiger partial charge in [-0.25, -0.2) is 4.39 Å². The fraction of sp³-hybridized carbons (Fsp3) is 0.136. The molecule has 0 atom stereocenters. The first-order chi connectivity index (χ1) is 14.5. The van der Waals surface area contributed by atoms with Crippen molar-refractivity contribution < 1.29 is 18.8 Å². The van der Waals surface area contributed by atoms with E-state index < -0.39 is 17.0 Å². The van der Waals surface area contributed by atoms with Crippen molar-refractivity contribution in [3.05, 3.63) is 76.6 Å². The summed E-state index contributed by atoms with van der Waals surface area (Å²) in [6.45, 7) is 0.156. The quantitative estimate of drug-likeness (QED) is 0.634. The van der Waals surface area contributed by atoms with Crippen LogP contribution in [0.1, 0.15) is 15.9 Å². The van der Waals surface area contributed by atoms with Crippen molar-refractivity contribution >= 4 is 45.8 Å². The maximum absolute atomic E-state index is 13.8. The van der Waals surface area contributed by atoms with E-state index in [0.29, 0.717) is 5.56 Å². The number of nitrogens with one attached hydrogen (secondary N) is 1. The van der Waals surface area contributed by atoms with Crippen LogP contribution in [0, 0.1) is 5.82 Å². The molecule has 0 radical (unpaired) electrons. The first kappa shape index (κ1) is 19.9. The van der Waals surface area contributed by atoms with Crippen molar-refractivity contribution in [1.29, 1.82) is 0 Å². The molecule has 152 valence electrons. The van der Waals surface area contributed by atoms with Crippen LogP contribution in [0.15, 0.2) is 59.6 Å². The van der Waals surface area contributed by atoms with Gasteiger partial charge in [-0.1, -0.05) is 24.3 Å². The molecule has 4 rings (SSSR count). The molecular formula is C22H18FN3O3S. The summed E-state index contributed by atoms with van der Waals surface area (Å²) in [5.74, 6) is -1.24. The Morgan fingerprint density at radius 3 is 2.73 bits per heavy atom. The molecule has 0 spiro atoms. The minimum atomic E-state index is -0.493. The Labute approximate surface area is 176 Å². The summed E-state index contributed by atoms with van der Waals surface area (Å²) in [6, 6.07) is 13.4. The summed E-state index contributed by atoms with van der Waals surface area (Å²) in [7, 11) is 1.90. The molecule has 2 heterocycles. The highest BCUT2D eigenvalue weighted by atomic mass is 32.2. The van der Waals surface area contributed by atoms with Crippen LogP contribution in [-0.2, 0) is 11.8 Å². The number of hydrogen-bond acceptors (Lipinski definition) is 4. The lowest BCUT2D eigenvalue weighted by Gasteiger charge is -2.13. The van der Waals surface area contributed by atoms with Gasteiger partial charge < -0.3 is 9.88 Å². The van der Waals surface area contributed by atoms with E-state index in [0.717, 1.165) is 27.6 Å². The molecule has 3 aromatic rings. The lowest BCUT2D eigenvalue weighted by Crippen LogP contribution is -2.37. The van der Waals surface area contributed by atoms with Gasteiger partial charge in [0.2, 0.25) is 0 Å². The highest BCUT2D eigenvalue weighted by molar-refractivity contribution is 8.18. The molecule has 1 aromatic heterocycles. The number of hydrogen-bond donors (Lipinski definition) is 1. The van der Waals surface area contributed by atoms with E-state index in [1.54, 1.807) is 24.3 Å². The molecule has 2 aromatic carbocycles. The third-order valence-corrected chi connectivity index (χ3v) is 5.77. The van der Waals surface area contributed by atoms with E-state index in [1.807, 2.05) is 29.9 Å². The largest absolute Gasteiger partial charge is 0.351 e. The molecule has 0 aliphatic carbocycles. The van der Waals surface area contributed by atoms with E-state index in [1.165, 1.54) is 18.2 Å². The van der Waals surface area contributed by atoms with E-state index in [9.17, 15) is 18.8 Å². The van der Waals surface area contributed by atoms with Crippen LogP contribution < -0.4 is 5.32 Å². The predicted octanol–water partition coefficient (Wildman–Crippen LogP) is 3.78. The van der Waals surface area contributed by atoms with Crippen molar-refractivity contribution in [1.82, 2.24) is 14.8 Å². The van der Waals surface area contributed by atoms with Gasteiger partial charge in [-0.3, -0.25) is 19.3 Å². The zero-order valence-corrected chi connectivity index (χ0v) is 16.9. The molecule has 8 heteroatoms. The van der Waals surface area contributed by atoms with Gasteiger partial charge in [-0.2, -0.15) is 0 Å². The molecule has 1 N–H and O–H groups in total. The van der Waals surface area contributed by atoms with E-state index in [2.05, 4.69) is 5.32 Å². The van der Waals surface area contributed by atoms with Crippen LogP contribution in [0.4, 0.5) is 9.18 Å². The number of nitrogens with zero attached hydrogens (tertiary/aromatic N) is 2. The second-order valence-corrected chi connectivity index (χ2v) is 7.77. The Balaban J connectivity index is 1.41. The molecule has 0 bridgehead atoms. The first-order valence-electron chi connectivity index (χ1n) is 9.28. The fourth-order valence-corrected chi connectivity index (χ4v) is 4.16. The topological polar surface area (TPSA) is 71.4 Å². The number of halogens is 1. The molecule has 3 amide bonds. The summed E-state index contributed by atoms with van der Waals surface area (Å²) in [5, 5.41) is 3.15. The summed E-state index contributed by atoms with van der Waals surface area (Å²) in [6.07, 6.45) is 3.25. The number of amides is 3. The molecule has 1 fully saturated rings. The summed E-state index contributed by atoms with van der Waals surface area (Å²) >= 11 is 0.762. The summed E-state index contributed by atoms with van der Waals surface area (Å²) in [5.41, 5.74) is 1.71. The third-order valence-electron chi connectivity index (χ3n) is 4.86. The number of imide groups is 1. The minimum Gasteiger partial charge on any atom is -0.351 e. The van der Waals surface area contributed by atoms with Gasteiger partial charge in [0.15, 0.2) is 0 Å². The van der Waals surface area contributed by atoms with Gasteiger partial charge in [0.25, 0.3) is 17.1 Å². The van der Waals surface area contributed by atoms with Crippen molar-refractivity contribution in [3.63, 3.8) is 0 Å². The van der Waals surface area contributed by atoms with Crippen LogP contribution in [0.3, 0.4) is 0 Å². The van der Waals surface area contributed by atoms with Crippen LogP contribution in [0.25, 0.3) is 17.0 Å². The Bertz CT molecular complexity index is 1200. The molecule has 30 heavy (non-hydrogen) atoms.